The highest BCUT2D eigenvalue weighted by Crippen LogP contribution is 2.17. The van der Waals surface area contributed by atoms with Crippen LogP contribution in [0.25, 0.3) is 10.9 Å². The summed E-state index contributed by atoms with van der Waals surface area (Å²) in [5, 5.41) is 16.1. The molecule has 3 rings (SSSR count). The first kappa shape index (κ1) is 18.5. The van der Waals surface area contributed by atoms with Crippen molar-refractivity contribution in [2.24, 2.45) is 0 Å². The lowest BCUT2D eigenvalue weighted by atomic mass is 9.96. The number of aromatic nitrogens is 1. The van der Waals surface area contributed by atoms with Crippen molar-refractivity contribution in [1.82, 2.24) is 15.6 Å². The fraction of sp³-hybridized carbons (Fsp3) is 0.500. The maximum absolute atomic E-state index is 12.5. The summed E-state index contributed by atoms with van der Waals surface area (Å²) >= 11 is 0. The van der Waals surface area contributed by atoms with E-state index in [1.807, 2.05) is 24.3 Å². The first-order valence-electron chi connectivity index (χ1n) is 9.47. The van der Waals surface area contributed by atoms with Gasteiger partial charge in [-0.3, -0.25) is 9.59 Å². The molecule has 2 amide bonds. The maximum Gasteiger partial charge on any atom is 0.268 e. The van der Waals surface area contributed by atoms with Crippen LogP contribution in [0.1, 0.15) is 55.4 Å². The van der Waals surface area contributed by atoms with Gasteiger partial charge in [-0.1, -0.05) is 50.3 Å². The first-order valence-corrected chi connectivity index (χ1v) is 9.47. The Labute approximate surface area is 153 Å². The van der Waals surface area contributed by atoms with E-state index in [4.69, 9.17) is 0 Å². The standard InChI is InChI=1S/C20H27N3O3/c24-13-18(20(26)21-15-9-4-2-1-3-5-10-15)23-19(25)17-12-14-8-6-7-11-16(14)22-17/h6-8,11-12,15,18,22,24H,1-5,9-10,13H2,(H,21,26)(H,23,25). The van der Waals surface area contributed by atoms with Crippen molar-refractivity contribution in [3.63, 3.8) is 0 Å². The smallest absolute Gasteiger partial charge is 0.268 e. The first-order chi connectivity index (χ1) is 12.7. The number of benzene rings is 1. The summed E-state index contributed by atoms with van der Waals surface area (Å²) in [6.07, 6.45) is 7.80. The highest BCUT2D eigenvalue weighted by Gasteiger charge is 2.24. The Balaban J connectivity index is 1.60. The zero-order valence-corrected chi connectivity index (χ0v) is 15.0. The largest absolute Gasteiger partial charge is 0.394 e. The summed E-state index contributed by atoms with van der Waals surface area (Å²) in [4.78, 5) is 28.0. The normalized spacial score (nSPS) is 17.3. The van der Waals surface area contributed by atoms with Crippen LogP contribution in [0.15, 0.2) is 30.3 Å². The number of aliphatic hydroxyl groups is 1. The molecule has 6 heteroatoms. The number of aliphatic hydroxyl groups excluding tert-OH is 1. The molecule has 0 spiro atoms. The Morgan fingerprint density at radius 3 is 2.50 bits per heavy atom. The second-order valence-electron chi connectivity index (χ2n) is 7.03. The molecule has 1 atom stereocenters. The number of hydrogen-bond acceptors (Lipinski definition) is 3. The third-order valence-electron chi connectivity index (χ3n) is 5.03. The molecular formula is C20H27N3O3. The van der Waals surface area contributed by atoms with Gasteiger partial charge < -0.3 is 20.7 Å². The van der Waals surface area contributed by atoms with Crippen LogP contribution in [0.3, 0.4) is 0 Å². The van der Waals surface area contributed by atoms with Crippen LogP contribution in [0, 0.1) is 0 Å². The Hall–Kier alpha value is -2.34. The number of para-hydroxylation sites is 1. The van der Waals surface area contributed by atoms with Gasteiger partial charge in [-0.25, -0.2) is 0 Å². The summed E-state index contributed by atoms with van der Waals surface area (Å²) < 4.78 is 0. The average molecular weight is 357 g/mol. The van der Waals surface area contributed by atoms with E-state index in [1.54, 1.807) is 6.07 Å². The monoisotopic (exact) mass is 357 g/mol. The molecular weight excluding hydrogens is 330 g/mol. The molecule has 1 heterocycles. The lowest BCUT2D eigenvalue weighted by Gasteiger charge is -2.24. The molecule has 0 radical (unpaired) electrons. The third-order valence-corrected chi connectivity index (χ3v) is 5.03. The van der Waals surface area contributed by atoms with Crippen molar-refractivity contribution in [3.05, 3.63) is 36.0 Å². The van der Waals surface area contributed by atoms with E-state index >= 15 is 0 Å². The molecule has 1 aromatic heterocycles. The molecule has 26 heavy (non-hydrogen) atoms. The summed E-state index contributed by atoms with van der Waals surface area (Å²) in [5.74, 6) is -0.712. The zero-order valence-electron chi connectivity index (χ0n) is 15.0. The number of nitrogens with one attached hydrogen (secondary N) is 3. The molecule has 0 saturated heterocycles. The molecule has 1 aliphatic rings. The maximum atomic E-state index is 12.5. The van der Waals surface area contributed by atoms with Gasteiger partial charge in [-0.05, 0) is 25.0 Å². The number of carbonyl (C=O) groups is 2. The summed E-state index contributed by atoms with van der Waals surface area (Å²) in [6.45, 7) is -0.426. The van der Waals surface area contributed by atoms with Crippen molar-refractivity contribution in [1.29, 1.82) is 0 Å². The van der Waals surface area contributed by atoms with Crippen LogP contribution in [0.5, 0.6) is 0 Å². The van der Waals surface area contributed by atoms with Crippen LogP contribution >= 0.6 is 0 Å². The van der Waals surface area contributed by atoms with E-state index in [0.717, 1.165) is 36.6 Å². The molecule has 140 valence electrons. The Morgan fingerprint density at radius 2 is 1.81 bits per heavy atom. The number of hydrogen-bond donors (Lipinski definition) is 4. The van der Waals surface area contributed by atoms with Crippen molar-refractivity contribution >= 4 is 22.7 Å². The molecule has 0 aliphatic heterocycles. The Kier molecular flexibility index (Phi) is 6.28. The van der Waals surface area contributed by atoms with Gasteiger partial charge in [0, 0.05) is 16.9 Å². The molecule has 1 aromatic carbocycles. The predicted molar refractivity (Wildman–Crippen MR) is 101 cm³/mol. The number of H-pyrrole nitrogens is 1. The van der Waals surface area contributed by atoms with Gasteiger partial charge in [0.2, 0.25) is 5.91 Å². The van der Waals surface area contributed by atoms with Crippen molar-refractivity contribution in [2.45, 2.75) is 57.0 Å². The number of carbonyl (C=O) groups excluding carboxylic acids is 2. The van der Waals surface area contributed by atoms with Crippen LogP contribution < -0.4 is 10.6 Å². The van der Waals surface area contributed by atoms with E-state index in [9.17, 15) is 14.7 Å². The lowest BCUT2D eigenvalue weighted by molar-refractivity contribution is -0.124. The summed E-state index contributed by atoms with van der Waals surface area (Å²) in [7, 11) is 0. The number of fused-ring (bicyclic) bond motifs is 1. The fourth-order valence-electron chi connectivity index (χ4n) is 3.53. The highest BCUT2D eigenvalue weighted by molar-refractivity contribution is 6.00. The minimum Gasteiger partial charge on any atom is -0.394 e. The lowest BCUT2D eigenvalue weighted by Crippen LogP contribution is -2.51. The van der Waals surface area contributed by atoms with E-state index in [-0.39, 0.29) is 11.9 Å². The van der Waals surface area contributed by atoms with Gasteiger partial charge in [0.25, 0.3) is 5.91 Å². The van der Waals surface area contributed by atoms with Gasteiger partial charge >= 0.3 is 0 Å². The zero-order chi connectivity index (χ0) is 18.4. The summed E-state index contributed by atoms with van der Waals surface area (Å²) in [6, 6.07) is 8.51. The second kappa shape index (κ2) is 8.85. The second-order valence-corrected chi connectivity index (χ2v) is 7.03. The molecule has 1 aliphatic carbocycles. The third kappa shape index (κ3) is 4.64. The summed E-state index contributed by atoms with van der Waals surface area (Å²) in [5.41, 5.74) is 1.24. The fourth-order valence-corrected chi connectivity index (χ4v) is 3.53. The van der Waals surface area contributed by atoms with E-state index in [1.165, 1.54) is 19.3 Å². The minimum absolute atomic E-state index is 0.127. The number of amides is 2. The molecule has 0 bridgehead atoms. The van der Waals surface area contributed by atoms with E-state index in [0.29, 0.717) is 5.69 Å². The SMILES string of the molecule is O=C(NC(CO)C(=O)NC1CCCCCCC1)c1cc2ccccc2[nH]1. The number of aromatic amines is 1. The molecule has 1 fully saturated rings. The highest BCUT2D eigenvalue weighted by atomic mass is 16.3. The molecule has 1 saturated carbocycles. The van der Waals surface area contributed by atoms with Gasteiger partial charge in [-0.15, -0.1) is 0 Å². The van der Waals surface area contributed by atoms with Crippen LogP contribution in [0.2, 0.25) is 0 Å². The van der Waals surface area contributed by atoms with E-state index in [2.05, 4.69) is 15.6 Å². The van der Waals surface area contributed by atoms with Gasteiger partial charge in [0.05, 0.1) is 6.61 Å². The van der Waals surface area contributed by atoms with Crippen LogP contribution in [-0.4, -0.2) is 40.6 Å². The van der Waals surface area contributed by atoms with Crippen molar-refractivity contribution in [2.75, 3.05) is 6.61 Å². The van der Waals surface area contributed by atoms with Crippen molar-refractivity contribution in [3.8, 4) is 0 Å². The number of rotatable bonds is 5. The molecule has 4 N–H and O–H groups in total. The molecule has 1 unspecified atom stereocenters. The van der Waals surface area contributed by atoms with Gasteiger partial charge in [0.1, 0.15) is 11.7 Å². The van der Waals surface area contributed by atoms with Gasteiger partial charge in [-0.2, -0.15) is 0 Å². The minimum atomic E-state index is -0.945. The topological polar surface area (TPSA) is 94.2 Å². The van der Waals surface area contributed by atoms with Crippen molar-refractivity contribution < 1.29 is 14.7 Å². The Morgan fingerprint density at radius 1 is 1.12 bits per heavy atom. The van der Waals surface area contributed by atoms with E-state index < -0.39 is 18.6 Å². The molecule has 6 nitrogen and oxygen atoms in total. The van der Waals surface area contributed by atoms with Gasteiger partial charge in [0.15, 0.2) is 0 Å². The molecule has 2 aromatic rings. The van der Waals surface area contributed by atoms with Crippen LogP contribution in [-0.2, 0) is 4.79 Å². The van der Waals surface area contributed by atoms with Crippen LogP contribution in [0.4, 0.5) is 0 Å². The Bertz CT molecular complexity index is 715. The quantitative estimate of drug-likeness (QED) is 0.662. The average Bonchev–Trinajstić information content (AvgIpc) is 3.05. The predicted octanol–water partition coefficient (Wildman–Crippen LogP) is 2.49.